The van der Waals surface area contributed by atoms with Crippen molar-refractivity contribution in [3.8, 4) is 5.75 Å². The normalized spacial score (nSPS) is 13.9. The first kappa shape index (κ1) is 15.6. The number of hydrogen-bond donors (Lipinski definition) is 1. The molecule has 0 aliphatic carbocycles. The van der Waals surface area contributed by atoms with Gasteiger partial charge in [-0.1, -0.05) is 30.3 Å². The van der Waals surface area contributed by atoms with Crippen molar-refractivity contribution in [2.24, 2.45) is 0 Å². The molecule has 0 heterocycles. The maximum Gasteiger partial charge on any atom is 0.128 e. The lowest BCUT2D eigenvalue weighted by Gasteiger charge is -2.28. The third-order valence-corrected chi connectivity index (χ3v) is 4.47. The molecule has 2 rings (SSSR count). The van der Waals surface area contributed by atoms with Gasteiger partial charge < -0.3 is 9.84 Å². The monoisotopic (exact) mass is 284 g/mol. The van der Waals surface area contributed by atoms with Crippen LogP contribution in [0.5, 0.6) is 5.75 Å². The first-order chi connectivity index (χ1) is 9.78. The van der Waals surface area contributed by atoms with Gasteiger partial charge in [-0.25, -0.2) is 0 Å². The van der Waals surface area contributed by atoms with E-state index in [4.69, 9.17) is 4.74 Å². The molecule has 2 aromatic carbocycles. The number of aryl methyl sites for hydroxylation is 3. The summed E-state index contributed by atoms with van der Waals surface area (Å²) in [6.07, 6.45) is 0. The molecule has 1 N–H and O–H groups in total. The number of benzene rings is 2. The van der Waals surface area contributed by atoms with Crippen molar-refractivity contribution in [3.63, 3.8) is 0 Å². The number of hydrogen-bond acceptors (Lipinski definition) is 2. The Hall–Kier alpha value is -1.80. The smallest absolute Gasteiger partial charge is 0.128 e. The van der Waals surface area contributed by atoms with Gasteiger partial charge in [0.1, 0.15) is 11.4 Å². The lowest BCUT2D eigenvalue weighted by atomic mass is 9.84. The van der Waals surface area contributed by atoms with Crippen LogP contribution < -0.4 is 4.74 Å². The summed E-state index contributed by atoms with van der Waals surface area (Å²) in [6, 6.07) is 10.1. The summed E-state index contributed by atoms with van der Waals surface area (Å²) in [4.78, 5) is 0. The molecule has 0 spiro atoms. The Morgan fingerprint density at radius 2 is 1.52 bits per heavy atom. The fourth-order valence-corrected chi connectivity index (χ4v) is 2.64. The van der Waals surface area contributed by atoms with E-state index < -0.39 is 5.60 Å². The maximum absolute atomic E-state index is 11.1. The molecular weight excluding hydrogens is 260 g/mol. The molecule has 0 saturated carbocycles. The standard InChI is InChI=1S/C19H24O2/c1-12-7-9-16(11-14(12)3)19(5,20)17-10-8-13(2)15(4)18(17)21-6/h7-11,20H,1-6H3. The van der Waals surface area contributed by atoms with Gasteiger partial charge in [0.05, 0.1) is 7.11 Å². The van der Waals surface area contributed by atoms with E-state index >= 15 is 0 Å². The molecule has 0 amide bonds. The zero-order valence-electron chi connectivity index (χ0n) is 13.7. The summed E-state index contributed by atoms with van der Waals surface area (Å²) < 4.78 is 5.56. The van der Waals surface area contributed by atoms with E-state index in [0.717, 1.165) is 28.0 Å². The Kier molecular flexibility index (Phi) is 4.11. The van der Waals surface area contributed by atoms with Crippen LogP contribution in [0.3, 0.4) is 0 Å². The van der Waals surface area contributed by atoms with E-state index in [2.05, 4.69) is 13.8 Å². The Bertz CT molecular complexity index is 670. The molecular formula is C19H24O2. The van der Waals surface area contributed by atoms with Crippen LogP contribution in [0.2, 0.25) is 0 Å². The van der Waals surface area contributed by atoms with Crippen LogP contribution in [0.15, 0.2) is 30.3 Å². The average Bonchev–Trinajstić information content (AvgIpc) is 2.44. The quantitative estimate of drug-likeness (QED) is 0.916. The minimum atomic E-state index is -1.08. The van der Waals surface area contributed by atoms with Gasteiger partial charge in [0.2, 0.25) is 0 Å². The van der Waals surface area contributed by atoms with Crippen molar-refractivity contribution in [1.82, 2.24) is 0 Å². The molecule has 2 nitrogen and oxygen atoms in total. The van der Waals surface area contributed by atoms with Crippen molar-refractivity contribution in [2.45, 2.75) is 40.2 Å². The van der Waals surface area contributed by atoms with Crippen molar-refractivity contribution in [2.75, 3.05) is 7.11 Å². The van der Waals surface area contributed by atoms with Gasteiger partial charge in [-0.15, -0.1) is 0 Å². The number of rotatable bonds is 3. The third kappa shape index (κ3) is 2.68. The molecule has 0 aliphatic rings. The summed E-state index contributed by atoms with van der Waals surface area (Å²) in [5.74, 6) is 0.762. The molecule has 0 fully saturated rings. The minimum Gasteiger partial charge on any atom is -0.496 e. The Morgan fingerprint density at radius 3 is 2.10 bits per heavy atom. The van der Waals surface area contributed by atoms with Gasteiger partial charge in [-0.3, -0.25) is 0 Å². The van der Waals surface area contributed by atoms with E-state index in [1.807, 2.05) is 51.1 Å². The lowest BCUT2D eigenvalue weighted by Crippen LogP contribution is -2.24. The first-order valence-corrected chi connectivity index (χ1v) is 7.23. The van der Waals surface area contributed by atoms with Crippen molar-refractivity contribution in [3.05, 3.63) is 63.7 Å². The highest BCUT2D eigenvalue weighted by molar-refractivity contribution is 5.51. The van der Waals surface area contributed by atoms with Crippen LogP contribution in [-0.2, 0) is 5.60 Å². The Morgan fingerprint density at radius 1 is 0.905 bits per heavy atom. The molecule has 0 aliphatic heterocycles. The molecule has 112 valence electrons. The molecule has 0 radical (unpaired) electrons. The van der Waals surface area contributed by atoms with E-state index in [-0.39, 0.29) is 0 Å². The van der Waals surface area contributed by atoms with Gasteiger partial charge in [0.25, 0.3) is 0 Å². The van der Waals surface area contributed by atoms with E-state index in [9.17, 15) is 5.11 Å². The number of ether oxygens (including phenoxy) is 1. The second-order valence-corrected chi connectivity index (χ2v) is 5.96. The maximum atomic E-state index is 11.1. The van der Waals surface area contributed by atoms with Crippen molar-refractivity contribution >= 4 is 0 Å². The molecule has 2 aromatic rings. The average molecular weight is 284 g/mol. The molecule has 1 atom stereocenters. The predicted molar refractivity (Wildman–Crippen MR) is 87.1 cm³/mol. The van der Waals surface area contributed by atoms with E-state index in [0.29, 0.717) is 0 Å². The Labute approximate surface area is 127 Å². The highest BCUT2D eigenvalue weighted by atomic mass is 16.5. The SMILES string of the molecule is COc1c(C(C)(O)c2ccc(C)c(C)c2)ccc(C)c1C. The molecule has 1 unspecified atom stereocenters. The minimum absolute atomic E-state index is 0.762. The fraction of sp³-hybridized carbons (Fsp3) is 0.368. The topological polar surface area (TPSA) is 29.5 Å². The van der Waals surface area contributed by atoms with Gasteiger partial charge in [-0.2, -0.15) is 0 Å². The highest BCUT2D eigenvalue weighted by Gasteiger charge is 2.30. The number of methoxy groups -OCH3 is 1. The molecule has 21 heavy (non-hydrogen) atoms. The molecule has 2 heteroatoms. The second kappa shape index (κ2) is 5.53. The van der Waals surface area contributed by atoms with Crippen LogP contribution in [0.4, 0.5) is 0 Å². The molecule has 0 bridgehead atoms. The summed E-state index contributed by atoms with van der Waals surface area (Å²) in [5.41, 5.74) is 5.23. The zero-order chi connectivity index (χ0) is 15.8. The van der Waals surface area contributed by atoms with Crippen LogP contribution in [0.1, 0.15) is 40.3 Å². The Balaban J connectivity index is 2.63. The summed E-state index contributed by atoms with van der Waals surface area (Å²) in [5, 5.41) is 11.1. The van der Waals surface area contributed by atoms with Crippen molar-refractivity contribution < 1.29 is 9.84 Å². The lowest BCUT2D eigenvalue weighted by molar-refractivity contribution is 0.0987. The molecule has 0 saturated heterocycles. The van der Waals surface area contributed by atoms with E-state index in [1.165, 1.54) is 11.1 Å². The second-order valence-electron chi connectivity index (χ2n) is 5.96. The van der Waals surface area contributed by atoms with Crippen LogP contribution in [0, 0.1) is 27.7 Å². The van der Waals surface area contributed by atoms with Gasteiger partial charge in [0.15, 0.2) is 0 Å². The zero-order valence-corrected chi connectivity index (χ0v) is 13.7. The summed E-state index contributed by atoms with van der Waals surface area (Å²) in [6.45, 7) is 10.0. The largest absolute Gasteiger partial charge is 0.496 e. The molecule has 0 aromatic heterocycles. The van der Waals surface area contributed by atoms with E-state index in [1.54, 1.807) is 7.11 Å². The predicted octanol–water partition coefficient (Wildman–Crippen LogP) is 4.18. The van der Waals surface area contributed by atoms with Crippen molar-refractivity contribution in [1.29, 1.82) is 0 Å². The van der Waals surface area contributed by atoms with Gasteiger partial charge in [0, 0.05) is 5.56 Å². The number of aliphatic hydroxyl groups is 1. The third-order valence-electron chi connectivity index (χ3n) is 4.47. The van der Waals surface area contributed by atoms with Crippen LogP contribution in [0.25, 0.3) is 0 Å². The first-order valence-electron chi connectivity index (χ1n) is 7.23. The van der Waals surface area contributed by atoms with Gasteiger partial charge >= 0.3 is 0 Å². The van der Waals surface area contributed by atoms with Gasteiger partial charge in [-0.05, 0) is 62.4 Å². The summed E-state index contributed by atoms with van der Waals surface area (Å²) in [7, 11) is 1.65. The summed E-state index contributed by atoms with van der Waals surface area (Å²) >= 11 is 0. The highest BCUT2D eigenvalue weighted by Crippen LogP contribution is 2.38. The van der Waals surface area contributed by atoms with Crippen LogP contribution in [-0.4, -0.2) is 12.2 Å². The van der Waals surface area contributed by atoms with Crippen LogP contribution >= 0.6 is 0 Å². The fourth-order valence-electron chi connectivity index (χ4n) is 2.64.